The molecule has 0 aliphatic carbocycles. The first kappa shape index (κ1) is 22.7. The van der Waals surface area contributed by atoms with E-state index in [1.807, 2.05) is 61.5 Å². The molecule has 0 fully saturated rings. The highest BCUT2D eigenvalue weighted by atomic mass is 32.2. The Kier molecular flexibility index (Phi) is 9.50. The summed E-state index contributed by atoms with van der Waals surface area (Å²) in [5.41, 5.74) is 2.03. The van der Waals surface area contributed by atoms with Crippen LogP contribution in [0.1, 0.15) is 24.5 Å². The molecule has 0 aromatic heterocycles. The van der Waals surface area contributed by atoms with Crippen LogP contribution >= 0.6 is 0 Å². The molecule has 0 bridgehead atoms. The lowest BCUT2D eigenvalue weighted by atomic mass is 10.1. The van der Waals surface area contributed by atoms with Gasteiger partial charge in [0.2, 0.25) is 0 Å². The minimum absolute atomic E-state index is 0.0811. The lowest BCUT2D eigenvalue weighted by molar-refractivity contribution is 0.414. The van der Waals surface area contributed by atoms with Crippen molar-refractivity contribution in [3.05, 3.63) is 65.7 Å². The number of nitrogens with zero attached hydrogens (tertiary/aromatic N) is 1. The Hall–Kier alpha value is -2.54. The summed E-state index contributed by atoms with van der Waals surface area (Å²) in [5, 5.41) is 6.49. The zero-order valence-corrected chi connectivity index (χ0v) is 18.0. The Morgan fingerprint density at radius 2 is 1.72 bits per heavy atom. The van der Waals surface area contributed by atoms with Gasteiger partial charge < -0.3 is 15.4 Å². The van der Waals surface area contributed by atoms with Crippen LogP contribution in [0.5, 0.6) is 5.75 Å². The molecule has 7 heteroatoms. The van der Waals surface area contributed by atoms with Crippen molar-refractivity contribution in [3.63, 3.8) is 0 Å². The maximum Gasteiger partial charge on any atom is 0.191 e. The summed E-state index contributed by atoms with van der Waals surface area (Å²) in [7, 11) is -1.47. The average Bonchev–Trinajstić information content (AvgIpc) is 2.72. The van der Waals surface area contributed by atoms with Crippen molar-refractivity contribution in [1.29, 1.82) is 0 Å². The maximum absolute atomic E-state index is 12.3. The molecule has 0 amide bonds. The average molecular weight is 418 g/mol. The molecule has 0 saturated carbocycles. The molecule has 2 aromatic carbocycles. The number of methoxy groups -OCH3 is 1. The van der Waals surface area contributed by atoms with Crippen LogP contribution in [0, 0.1) is 0 Å². The molecule has 0 saturated heterocycles. The Balaban J connectivity index is 1.75. The van der Waals surface area contributed by atoms with E-state index in [4.69, 9.17) is 4.74 Å². The standard InChI is InChI=1S/C22H31N3O3S/c1-3-23-22(25-16-14-19-10-12-21(28-2)13-11-19)24-15-7-17-29(26,27)18-20-8-5-4-6-9-20/h4-6,8-13H,3,7,14-18H2,1-2H3,(H2,23,24,25). The molecule has 29 heavy (non-hydrogen) atoms. The van der Waals surface area contributed by atoms with Crippen LogP contribution in [-0.2, 0) is 22.0 Å². The van der Waals surface area contributed by atoms with Gasteiger partial charge >= 0.3 is 0 Å². The topological polar surface area (TPSA) is 79.8 Å². The zero-order valence-electron chi connectivity index (χ0n) is 17.2. The number of ether oxygens (including phenoxy) is 1. The molecule has 0 aliphatic rings. The van der Waals surface area contributed by atoms with Crippen molar-refractivity contribution in [1.82, 2.24) is 10.6 Å². The van der Waals surface area contributed by atoms with E-state index >= 15 is 0 Å². The zero-order chi connectivity index (χ0) is 21.0. The summed E-state index contributed by atoms with van der Waals surface area (Å²) < 4.78 is 29.7. The lowest BCUT2D eigenvalue weighted by Crippen LogP contribution is -2.38. The van der Waals surface area contributed by atoms with Gasteiger partial charge in [-0.1, -0.05) is 42.5 Å². The number of rotatable bonds is 11. The Bertz CT molecular complexity index is 851. The van der Waals surface area contributed by atoms with Crippen LogP contribution in [-0.4, -0.2) is 46.9 Å². The van der Waals surface area contributed by atoms with Gasteiger partial charge in [0, 0.05) is 19.6 Å². The predicted octanol–water partition coefficient (Wildman–Crippen LogP) is 2.80. The maximum atomic E-state index is 12.3. The van der Waals surface area contributed by atoms with E-state index in [1.165, 1.54) is 5.56 Å². The molecule has 158 valence electrons. The second kappa shape index (κ2) is 12.1. The van der Waals surface area contributed by atoms with E-state index < -0.39 is 9.84 Å². The Morgan fingerprint density at radius 3 is 2.38 bits per heavy atom. The van der Waals surface area contributed by atoms with E-state index in [1.54, 1.807) is 7.11 Å². The van der Waals surface area contributed by atoms with Crippen LogP contribution in [0.15, 0.2) is 59.6 Å². The van der Waals surface area contributed by atoms with E-state index in [2.05, 4.69) is 15.6 Å². The normalized spacial score (nSPS) is 11.9. The first-order valence-electron chi connectivity index (χ1n) is 9.92. The number of aliphatic imine (C=N–C) groups is 1. The van der Waals surface area contributed by atoms with Gasteiger partial charge in [0.1, 0.15) is 5.75 Å². The number of guanidine groups is 1. The molecule has 2 rings (SSSR count). The molecule has 6 nitrogen and oxygen atoms in total. The summed E-state index contributed by atoms with van der Waals surface area (Å²) in [5.74, 6) is 1.77. The Morgan fingerprint density at radius 1 is 1.00 bits per heavy atom. The van der Waals surface area contributed by atoms with Gasteiger partial charge in [-0.3, -0.25) is 4.99 Å². The second-order valence-corrected chi connectivity index (χ2v) is 8.90. The van der Waals surface area contributed by atoms with Crippen LogP contribution < -0.4 is 15.4 Å². The molecule has 0 heterocycles. The van der Waals surface area contributed by atoms with Crippen molar-refractivity contribution < 1.29 is 13.2 Å². The number of hydrogen-bond donors (Lipinski definition) is 2. The number of hydrogen-bond acceptors (Lipinski definition) is 4. The largest absolute Gasteiger partial charge is 0.497 e. The summed E-state index contributed by atoms with van der Waals surface area (Å²) in [4.78, 5) is 4.49. The highest BCUT2D eigenvalue weighted by Crippen LogP contribution is 2.11. The fourth-order valence-electron chi connectivity index (χ4n) is 2.83. The molecule has 0 aliphatic heterocycles. The van der Waals surface area contributed by atoms with Crippen LogP contribution in [0.2, 0.25) is 0 Å². The third-order valence-electron chi connectivity index (χ3n) is 4.32. The molecule has 2 aromatic rings. The molecular formula is C22H31N3O3S. The van der Waals surface area contributed by atoms with Crippen molar-refractivity contribution in [2.75, 3.05) is 32.5 Å². The first-order chi connectivity index (χ1) is 14.0. The fraction of sp³-hybridized carbons (Fsp3) is 0.409. The van der Waals surface area contributed by atoms with Crippen molar-refractivity contribution in [2.45, 2.75) is 25.5 Å². The second-order valence-electron chi connectivity index (χ2n) is 6.72. The highest BCUT2D eigenvalue weighted by molar-refractivity contribution is 7.90. The quantitative estimate of drug-likeness (QED) is 0.334. The van der Waals surface area contributed by atoms with E-state index in [0.29, 0.717) is 18.9 Å². The molecule has 0 spiro atoms. The lowest BCUT2D eigenvalue weighted by Gasteiger charge is -2.11. The van der Waals surface area contributed by atoms with Crippen molar-refractivity contribution in [3.8, 4) is 5.75 Å². The van der Waals surface area contributed by atoms with Crippen LogP contribution in [0.3, 0.4) is 0 Å². The smallest absolute Gasteiger partial charge is 0.191 e. The summed E-state index contributed by atoms with van der Waals surface area (Å²) in [6.07, 6.45) is 1.37. The van der Waals surface area contributed by atoms with Crippen LogP contribution in [0.4, 0.5) is 0 Å². The predicted molar refractivity (Wildman–Crippen MR) is 119 cm³/mol. The molecular weight excluding hydrogens is 386 g/mol. The third-order valence-corrected chi connectivity index (χ3v) is 6.01. The SMILES string of the molecule is CCNC(=NCCCS(=O)(=O)Cc1ccccc1)NCCc1ccc(OC)cc1. The number of sulfone groups is 1. The van der Waals surface area contributed by atoms with Crippen LogP contribution in [0.25, 0.3) is 0 Å². The number of benzene rings is 2. The minimum atomic E-state index is -3.12. The van der Waals surface area contributed by atoms with E-state index in [0.717, 1.165) is 30.8 Å². The van der Waals surface area contributed by atoms with Crippen molar-refractivity contribution in [2.24, 2.45) is 4.99 Å². The van der Waals surface area contributed by atoms with Gasteiger partial charge in [-0.15, -0.1) is 0 Å². The van der Waals surface area contributed by atoms with Gasteiger partial charge in [-0.2, -0.15) is 0 Å². The minimum Gasteiger partial charge on any atom is -0.497 e. The first-order valence-corrected chi connectivity index (χ1v) is 11.7. The van der Waals surface area contributed by atoms with E-state index in [9.17, 15) is 8.42 Å². The van der Waals surface area contributed by atoms with Gasteiger partial charge in [-0.25, -0.2) is 8.42 Å². The summed E-state index contributed by atoms with van der Waals surface area (Å²) in [6, 6.07) is 17.3. The molecule has 0 unspecified atom stereocenters. The summed E-state index contributed by atoms with van der Waals surface area (Å²) >= 11 is 0. The Labute approximate surface area is 174 Å². The van der Waals surface area contributed by atoms with E-state index in [-0.39, 0.29) is 11.5 Å². The fourth-order valence-corrected chi connectivity index (χ4v) is 4.25. The monoisotopic (exact) mass is 417 g/mol. The van der Waals surface area contributed by atoms with Gasteiger partial charge in [0.05, 0.1) is 18.6 Å². The highest BCUT2D eigenvalue weighted by Gasteiger charge is 2.11. The van der Waals surface area contributed by atoms with Gasteiger partial charge in [0.25, 0.3) is 0 Å². The molecule has 2 N–H and O–H groups in total. The third kappa shape index (κ3) is 9.00. The van der Waals surface area contributed by atoms with Gasteiger partial charge in [0.15, 0.2) is 15.8 Å². The summed E-state index contributed by atoms with van der Waals surface area (Å²) in [6.45, 7) is 3.96. The number of nitrogens with one attached hydrogen (secondary N) is 2. The van der Waals surface area contributed by atoms with Crippen molar-refractivity contribution >= 4 is 15.8 Å². The molecule has 0 radical (unpaired) electrons. The molecule has 0 atom stereocenters. The van der Waals surface area contributed by atoms with Gasteiger partial charge in [-0.05, 0) is 43.0 Å².